The maximum absolute atomic E-state index is 12.9. The summed E-state index contributed by atoms with van der Waals surface area (Å²) in [6, 6.07) is 12.9. The number of benzene rings is 1. The third-order valence-electron chi connectivity index (χ3n) is 4.23. The van der Waals surface area contributed by atoms with Gasteiger partial charge in [0.2, 0.25) is 5.91 Å². The Morgan fingerprint density at radius 2 is 2.00 bits per heavy atom. The van der Waals surface area contributed by atoms with Crippen LogP contribution in [0.1, 0.15) is 18.2 Å². The van der Waals surface area contributed by atoms with E-state index >= 15 is 0 Å². The maximum atomic E-state index is 12.9. The Morgan fingerprint density at radius 1 is 1.22 bits per heavy atom. The van der Waals surface area contributed by atoms with E-state index < -0.39 is 0 Å². The summed E-state index contributed by atoms with van der Waals surface area (Å²) in [5.41, 5.74) is 1.89. The molecule has 0 aliphatic carbocycles. The van der Waals surface area contributed by atoms with Gasteiger partial charge >= 0.3 is 0 Å². The van der Waals surface area contributed by atoms with E-state index in [0.717, 1.165) is 5.56 Å². The molecule has 27 heavy (non-hydrogen) atoms. The van der Waals surface area contributed by atoms with E-state index in [2.05, 4.69) is 10.3 Å². The minimum absolute atomic E-state index is 0.140. The smallest absolute Gasteiger partial charge is 0.258 e. The van der Waals surface area contributed by atoms with Gasteiger partial charge in [0.05, 0.1) is 12.2 Å². The molecule has 6 nitrogen and oxygen atoms in total. The Morgan fingerprint density at radius 3 is 2.74 bits per heavy atom. The minimum Gasteiger partial charge on any atom is -0.351 e. The highest BCUT2D eigenvalue weighted by Crippen LogP contribution is 2.04. The van der Waals surface area contributed by atoms with Crippen LogP contribution in [0, 0.1) is 5.82 Å². The molecule has 1 amide bonds. The lowest BCUT2D eigenvalue weighted by Crippen LogP contribution is -2.37. The summed E-state index contributed by atoms with van der Waals surface area (Å²) in [5.74, 6) is -0.445. The van der Waals surface area contributed by atoms with Gasteiger partial charge in [-0.3, -0.25) is 18.9 Å². The van der Waals surface area contributed by atoms with Crippen molar-refractivity contribution in [1.29, 1.82) is 0 Å². The van der Waals surface area contributed by atoms with Crippen molar-refractivity contribution in [2.45, 2.75) is 20.0 Å². The summed E-state index contributed by atoms with van der Waals surface area (Å²) in [7, 11) is 0. The van der Waals surface area contributed by atoms with Crippen LogP contribution in [0.4, 0.5) is 4.39 Å². The molecular weight excluding hydrogens is 347 g/mol. The van der Waals surface area contributed by atoms with Crippen molar-refractivity contribution in [3.8, 4) is 0 Å². The van der Waals surface area contributed by atoms with E-state index in [1.165, 1.54) is 22.6 Å². The SMILES string of the molecule is CCN(CC(=O)NCc1ccc(F)cc1)Cc1cc(=O)n2ccccc2n1. The Bertz CT molecular complexity index is 985. The van der Waals surface area contributed by atoms with Crippen LogP contribution in [0.3, 0.4) is 0 Å². The van der Waals surface area contributed by atoms with Crippen LogP contribution in [-0.4, -0.2) is 33.3 Å². The molecule has 1 N–H and O–H groups in total. The van der Waals surface area contributed by atoms with E-state index in [1.807, 2.05) is 17.9 Å². The number of nitrogens with one attached hydrogen (secondary N) is 1. The zero-order chi connectivity index (χ0) is 19.2. The van der Waals surface area contributed by atoms with Crippen LogP contribution >= 0.6 is 0 Å². The minimum atomic E-state index is -0.305. The number of likely N-dealkylation sites (N-methyl/N-ethyl adjacent to an activating group) is 1. The first-order valence-corrected chi connectivity index (χ1v) is 8.76. The van der Waals surface area contributed by atoms with Crippen LogP contribution in [0.25, 0.3) is 5.65 Å². The first kappa shape index (κ1) is 18.7. The van der Waals surface area contributed by atoms with Crippen LogP contribution in [-0.2, 0) is 17.9 Å². The first-order valence-electron chi connectivity index (χ1n) is 8.76. The standard InChI is InChI=1S/C20H21FN4O2/c1-2-24(14-19(26)22-12-15-6-8-16(21)9-7-15)13-17-11-20(27)25-10-4-3-5-18(25)23-17/h3-11H,2,12-14H2,1H3,(H,22,26). The van der Waals surface area contributed by atoms with Crippen LogP contribution in [0.15, 0.2) is 59.5 Å². The maximum Gasteiger partial charge on any atom is 0.258 e. The summed E-state index contributed by atoms with van der Waals surface area (Å²) in [4.78, 5) is 30.8. The van der Waals surface area contributed by atoms with Gasteiger partial charge in [-0.25, -0.2) is 9.37 Å². The Balaban J connectivity index is 1.61. The van der Waals surface area contributed by atoms with Crippen molar-refractivity contribution in [2.75, 3.05) is 13.1 Å². The van der Waals surface area contributed by atoms with Gasteiger partial charge in [0.15, 0.2) is 0 Å². The fraction of sp³-hybridized carbons (Fsp3) is 0.250. The molecule has 0 aliphatic rings. The van der Waals surface area contributed by atoms with Crippen LogP contribution in [0.2, 0.25) is 0 Å². The molecule has 3 aromatic rings. The number of aromatic nitrogens is 2. The number of hydrogen-bond donors (Lipinski definition) is 1. The van der Waals surface area contributed by atoms with Gasteiger partial charge in [0.25, 0.3) is 5.56 Å². The van der Waals surface area contributed by atoms with Gasteiger partial charge in [-0.15, -0.1) is 0 Å². The van der Waals surface area contributed by atoms with E-state index in [-0.39, 0.29) is 23.8 Å². The van der Waals surface area contributed by atoms with Gasteiger partial charge < -0.3 is 5.32 Å². The second-order valence-electron chi connectivity index (χ2n) is 6.22. The van der Waals surface area contributed by atoms with E-state index in [4.69, 9.17) is 0 Å². The monoisotopic (exact) mass is 368 g/mol. The summed E-state index contributed by atoms with van der Waals surface area (Å²) >= 11 is 0. The number of halogens is 1. The number of carbonyl (C=O) groups excluding carboxylic acids is 1. The zero-order valence-corrected chi connectivity index (χ0v) is 15.1. The number of carbonyl (C=O) groups is 1. The van der Waals surface area contributed by atoms with Gasteiger partial charge in [0.1, 0.15) is 11.5 Å². The quantitative estimate of drug-likeness (QED) is 0.692. The van der Waals surface area contributed by atoms with E-state index in [9.17, 15) is 14.0 Å². The molecule has 2 aromatic heterocycles. The Hall–Kier alpha value is -3.06. The Kier molecular flexibility index (Phi) is 5.93. The molecule has 2 heterocycles. The molecule has 0 saturated carbocycles. The lowest BCUT2D eigenvalue weighted by Gasteiger charge is -2.19. The molecule has 0 fully saturated rings. The molecule has 0 aliphatic heterocycles. The number of amides is 1. The van der Waals surface area contributed by atoms with Crippen molar-refractivity contribution in [3.05, 3.63) is 82.2 Å². The molecule has 0 unspecified atom stereocenters. The van der Waals surface area contributed by atoms with Crippen molar-refractivity contribution in [1.82, 2.24) is 19.6 Å². The highest BCUT2D eigenvalue weighted by Gasteiger charge is 2.12. The molecule has 3 rings (SSSR count). The van der Waals surface area contributed by atoms with Crippen LogP contribution in [0.5, 0.6) is 0 Å². The molecular formula is C20H21FN4O2. The molecule has 0 saturated heterocycles. The predicted molar refractivity (Wildman–Crippen MR) is 101 cm³/mol. The van der Waals surface area contributed by atoms with E-state index in [1.54, 1.807) is 30.5 Å². The third-order valence-corrected chi connectivity index (χ3v) is 4.23. The number of fused-ring (bicyclic) bond motifs is 1. The van der Waals surface area contributed by atoms with Crippen molar-refractivity contribution >= 4 is 11.6 Å². The highest BCUT2D eigenvalue weighted by atomic mass is 19.1. The molecule has 0 atom stereocenters. The van der Waals surface area contributed by atoms with Gasteiger partial charge in [-0.1, -0.05) is 25.1 Å². The lowest BCUT2D eigenvalue weighted by molar-refractivity contribution is -0.122. The second-order valence-corrected chi connectivity index (χ2v) is 6.22. The predicted octanol–water partition coefficient (Wildman–Crippen LogP) is 1.97. The first-order chi connectivity index (χ1) is 13.0. The number of nitrogens with zero attached hydrogens (tertiary/aromatic N) is 3. The van der Waals surface area contributed by atoms with E-state index in [0.29, 0.717) is 31.0 Å². The van der Waals surface area contributed by atoms with Gasteiger partial charge in [-0.2, -0.15) is 0 Å². The topological polar surface area (TPSA) is 66.7 Å². The molecule has 1 aromatic carbocycles. The van der Waals surface area contributed by atoms with Crippen LogP contribution < -0.4 is 10.9 Å². The second kappa shape index (κ2) is 8.55. The van der Waals surface area contributed by atoms with Gasteiger partial charge in [0, 0.05) is 25.4 Å². The molecule has 140 valence electrons. The summed E-state index contributed by atoms with van der Waals surface area (Å²) in [6.45, 7) is 3.52. The largest absolute Gasteiger partial charge is 0.351 e. The van der Waals surface area contributed by atoms with Gasteiger partial charge in [-0.05, 0) is 36.4 Å². The highest BCUT2D eigenvalue weighted by molar-refractivity contribution is 5.78. The Labute approximate surface area is 156 Å². The molecule has 0 radical (unpaired) electrons. The fourth-order valence-corrected chi connectivity index (χ4v) is 2.75. The summed E-state index contributed by atoms with van der Waals surface area (Å²) in [6.07, 6.45) is 1.68. The third kappa shape index (κ3) is 4.98. The lowest BCUT2D eigenvalue weighted by atomic mass is 10.2. The van der Waals surface area contributed by atoms with Crippen molar-refractivity contribution in [2.24, 2.45) is 0 Å². The number of rotatable bonds is 7. The fourth-order valence-electron chi connectivity index (χ4n) is 2.75. The zero-order valence-electron chi connectivity index (χ0n) is 15.1. The molecule has 0 bridgehead atoms. The average Bonchev–Trinajstić information content (AvgIpc) is 2.67. The number of pyridine rings is 1. The summed E-state index contributed by atoms with van der Waals surface area (Å²) < 4.78 is 14.4. The normalized spacial score (nSPS) is 11.1. The summed E-state index contributed by atoms with van der Waals surface area (Å²) in [5, 5.41) is 2.82. The number of hydrogen-bond acceptors (Lipinski definition) is 4. The average molecular weight is 368 g/mol. The molecule has 0 spiro atoms. The van der Waals surface area contributed by atoms with Crippen molar-refractivity contribution in [3.63, 3.8) is 0 Å². The molecule has 7 heteroatoms. The van der Waals surface area contributed by atoms with Crippen molar-refractivity contribution < 1.29 is 9.18 Å².